The second-order valence-corrected chi connectivity index (χ2v) is 5.73. The number of aromatic nitrogens is 3. The third kappa shape index (κ3) is 4.21. The lowest BCUT2D eigenvalue weighted by atomic mass is 10.1. The molecule has 0 aliphatic carbocycles. The monoisotopic (exact) mass is 364 g/mol. The van der Waals surface area contributed by atoms with Crippen LogP contribution >= 0.6 is 0 Å². The van der Waals surface area contributed by atoms with Crippen LogP contribution in [0.3, 0.4) is 0 Å². The van der Waals surface area contributed by atoms with Crippen LogP contribution in [-0.4, -0.2) is 25.7 Å². The lowest BCUT2D eigenvalue weighted by molar-refractivity contribution is -0.383. The molecule has 0 aliphatic heterocycles. The van der Waals surface area contributed by atoms with E-state index in [0.717, 1.165) is 5.69 Å². The molecule has 2 aromatic heterocycles. The Balaban J connectivity index is 1.97. The van der Waals surface area contributed by atoms with Gasteiger partial charge in [-0.3, -0.25) is 14.9 Å². The number of nitrogens with zero attached hydrogens (tertiary/aromatic N) is 4. The van der Waals surface area contributed by atoms with Crippen molar-refractivity contribution in [2.75, 3.05) is 10.6 Å². The summed E-state index contributed by atoms with van der Waals surface area (Å²) in [7, 11) is 0. The van der Waals surface area contributed by atoms with Crippen molar-refractivity contribution in [3.63, 3.8) is 0 Å². The predicted molar refractivity (Wildman–Crippen MR) is 101 cm³/mol. The fourth-order valence-electron chi connectivity index (χ4n) is 2.42. The molecule has 0 saturated heterocycles. The zero-order chi connectivity index (χ0) is 19.4. The first kappa shape index (κ1) is 17.9. The normalized spacial score (nSPS) is 10.3. The van der Waals surface area contributed by atoms with Crippen molar-refractivity contribution in [3.8, 4) is 0 Å². The molecular weight excluding hydrogens is 348 g/mol. The van der Waals surface area contributed by atoms with E-state index in [2.05, 4.69) is 25.6 Å². The van der Waals surface area contributed by atoms with Gasteiger partial charge in [0.15, 0.2) is 5.78 Å². The van der Waals surface area contributed by atoms with Crippen LogP contribution in [0.5, 0.6) is 0 Å². The summed E-state index contributed by atoms with van der Waals surface area (Å²) in [5, 5.41) is 17.4. The molecule has 0 saturated carbocycles. The molecule has 2 N–H and O–H groups in total. The zero-order valence-corrected chi connectivity index (χ0v) is 14.6. The van der Waals surface area contributed by atoms with Gasteiger partial charge in [0.1, 0.15) is 12.1 Å². The molecule has 0 aliphatic rings. The highest BCUT2D eigenvalue weighted by molar-refractivity contribution is 5.95. The summed E-state index contributed by atoms with van der Waals surface area (Å²) in [4.78, 5) is 34.8. The highest BCUT2D eigenvalue weighted by atomic mass is 16.6. The molecule has 0 bridgehead atoms. The fraction of sp³-hybridized carbons (Fsp3) is 0.111. The lowest BCUT2D eigenvalue weighted by Crippen LogP contribution is -2.06. The van der Waals surface area contributed by atoms with E-state index in [1.807, 2.05) is 13.0 Å². The smallest absolute Gasteiger partial charge is 0.334 e. The molecule has 9 nitrogen and oxygen atoms in total. The summed E-state index contributed by atoms with van der Waals surface area (Å²) in [5.74, 6) is 0.342. The molecule has 0 amide bonds. The minimum Gasteiger partial charge on any atom is -0.334 e. The van der Waals surface area contributed by atoms with Gasteiger partial charge in [0.2, 0.25) is 11.6 Å². The van der Waals surface area contributed by atoms with Crippen LogP contribution < -0.4 is 10.6 Å². The van der Waals surface area contributed by atoms with Crippen LogP contribution in [0.25, 0.3) is 0 Å². The first-order valence-corrected chi connectivity index (χ1v) is 8.02. The number of hydrogen-bond acceptors (Lipinski definition) is 8. The van der Waals surface area contributed by atoms with Gasteiger partial charge in [0, 0.05) is 16.9 Å². The van der Waals surface area contributed by atoms with Crippen LogP contribution in [0.15, 0.2) is 48.8 Å². The second kappa shape index (κ2) is 7.56. The summed E-state index contributed by atoms with van der Waals surface area (Å²) in [6.45, 7) is 3.26. The molecule has 0 radical (unpaired) electrons. The highest BCUT2D eigenvalue weighted by Crippen LogP contribution is 2.32. The number of pyridine rings is 1. The highest BCUT2D eigenvalue weighted by Gasteiger charge is 2.23. The van der Waals surface area contributed by atoms with Crippen molar-refractivity contribution < 1.29 is 9.72 Å². The number of ketones is 1. The van der Waals surface area contributed by atoms with Gasteiger partial charge < -0.3 is 10.6 Å². The van der Waals surface area contributed by atoms with Gasteiger partial charge in [-0.1, -0.05) is 18.2 Å². The topological polar surface area (TPSA) is 123 Å². The summed E-state index contributed by atoms with van der Waals surface area (Å²) in [6.07, 6.45) is 1.21. The molecule has 0 atom stereocenters. The summed E-state index contributed by atoms with van der Waals surface area (Å²) in [6, 6.07) is 11.9. The van der Waals surface area contributed by atoms with E-state index in [0.29, 0.717) is 17.1 Å². The number of nitrogens with one attached hydrogen (secondary N) is 2. The van der Waals surface area contributed by atoms with Crippen molar-refractivity contribution in [1.82, 2.24) is 15.0 Å². The molecular formula is C18H16N6O3. The average Bonchev–Trinajstić information content (AvgIpc) is 2.62. The Morgan fingerprint density at radius 1 is 1.07 bits per heavy atom. The Labute approximate surface area is 154 Å². The van der Waals surface area contributed by atoms with Crippen LogP contribution in [0.4, 0.5) is 28.8 Å². The number of nitro groups is 1. The van der Waals surface area contributed by atoms with Gasteiger partial charge >= 0.3 is 5.69 Å². The molecule has 1 aromatic carbocycles. The van der Waals surface area contributed by atoms with E-state index in [1.54, 1.807) is 36.4 Å². The Kier molecular flexibility index (Phi) is 5.02. The van der Waals surface area contributed by atoms with Gasteiger partial charge in [0.05, 0.1) is 4.92 Å². The maximum Gasteiger partial charge on any atom is 0.353 e. The van der Waals surface area contributed by atoms with E-state index in [9.17, 15) is 14.9 Å². The summed E-state index contributed by atoms with van der Waals surface area (Å²) < 4.78 is 0. The number of carbonyl (C=O) groups is 1. The number of aryl methyl sites for hydroxylation is 1. The molecule has 9 heteroatoms. The van der Waals surface area contributed by atoms with Crippen molar-refractivity contribution in [1.29, 1.82) is 0 Å². The van der Waals surface area contributed by atoms with Crippen molar-refractivity contribution in [2.24, 2.45) is 0 Å². The largest absolute Gasteiger partial charge is 0.353 e. The van der Waals surface area contributed by atoms with Crippen LogP contribution in [0.2, 0.25) is 0 Å². The van der Waals surface area contributed by atoms with Crippen molar-refractivity contribution in [2.45, 2.75) is 13.8 Å². The van der Waals surface area contributed by atoms with Gasteiger partial charge in [0.25, 0.3) is 0 Å². The van der Waals surface area contributed by atoms with E-state index < -0.39 is 4.92 Å². The van der Waals surface area contributed by atoms with Crippen LogP contribution in [0, 0.1) is 17.0 Å². The molecule has 3 aromatic rings. The molecule has 2 heterocycles. The van der Waals surface area contributed by atoms with Crippen LogP contribution in [-0.2, 0) is 0 Å². The predicted octanol–water partition coefficient (Wildman–Crippen LogP) is 3.78. The van der Waals surface area contributed by atoms with Gasteiger partial charge in [-0.15, -0.1) is 0 Å². The number of carbonyl (C=O) groups excluding carboxylic acids is 1. The minimum atomic E-state index is -0.574. The number of benzene rings is 1. The van der Waals surface area contributed by atoms with E-state index >= 15 is 0 Å². The zero-order valence-electron chi connectivity index (χ0n) is 14.6. The van der Waals surface area contributed by atoms with E-state index in [-0.39, 0.29) is 23.1 Å². The molecule has 0 fully saturated rings. The number of Topliss-reactive ketones (excluding diaryl/α,β-unsaturated/α-hetero) is 1. The fourth-order valence-corrected chi connectivity index (χ4v) is 2.42. The summed E-state index contributed by atoms with van der Waals surface area (Å²) >= 11 is 0. The molecule has 3 rings (SSSR count). The third-order valence-electron chi connectivity index (χ3n) is 3.67. The third-order valence-corrected chi connectivity index (χ3v) is 3.67. The Morgan fingerprint density at radius 3 is 2.44 bits per heavy atom. The number of hydrogen-bond donors (Lipinski definition) is 2. The number of anilines is 4. The van der Waals surface area contributed by atoms with Crippen molar-refractivity contribution in [3.05, 3.63) is 70.2 Å². The number of rotatable bonds is 6. The van der Waals surface area contributed by atoms with Crippen LogP contribution in [0.1, 0.15) is 23.0 Å². The van der Waals surface area contributed by atoms with Gasteiger partial charge in [-0.2, -0.15) is 0 Å². The first-order valence-electron chi connectivity index (χ1n) is 8.02. The quantitative estimate of drug-likeness (QED) is 0.385. The average molecular weight is 364 g/mol. The molecule has 136 valence electrons. The Bertz CT molecular complexity index is 1020. The SMILES string of the molecule is CC(=O)c1cccc(Nc2ncnc(Nc3cccc(C)n3)c2[N+](=O)[O-])c1. The van der Waals surface area contributed by atoms with Crippen molar-refractivity contribution >= 4 is 34.6 Å². The van der Waals surface area contributed by atoms with E-state index in [1.165, 1.54) is 13.3 Å². The standard InChI is InChI=1S/C18H16N6O3/c1-11-5-3-8-15(21-11)23-18-16(24(26)27)17(19-10-20-18)22-14-7-4-6-13(9-14)12(2)25/h3-10H,1-2H3,(H2,19,20,21,22,23). The maximum atomic E-state index is 11.6. The Morgan fingerprint density at radius 2 is 1.78 bits per heavy atom. The molecule has 27 heavy (non-hydrogen) atoms. The maximum absolute atomic E-state index is 11.6. The minimum absolute atomic E-state index is 0.00542. The van der Waals surface area contributed by atoms with E-state index in [4.69, 9.17) is 0 Å². The lowest BCUT2D eigenvalue weighted by Gasteiger charge is -2.10. The van der Waals surface area contributed by atoms with Gasteiger partial charge in [-0.25, -0.2) is 15.0 Å². The Hall–Kier alpha value is -3.88. The van der Waals surface area contributed by atoms with Gasteiger partial charge in [-0.05, 0) is 38.1 Å². The molecule has 0 spiro atoms. The first-order chi connectivity index (χ1) is 12.9. The molecule has 0 unspecified atom stereocenters. The second-order valence-electron chi connectivity index (χ2n) is 5.73. The summed E-state index contributed by atoms with van der Waals surface area (Å²) in [5.41, 5.74) is 1.42.